The Balaban J connectivity index is 1.25. The number of hydrogen-bond acceptors (Lipinski definition) is 4. The molecule has 1 aromatic heterocycles. The molecule has 150 valence electrons. The number of carbonyl (C=O) groups excluding carboxylic acids is 3. The summed E-state index contributed by atoms with van der Waals surface area (Å²) in [7, 11) is 3.29. The second kappa shape index (κ2) is 6.76. The van der Waals surface area contributed by atoms with Crippen LogP contribution in [0, 0.1) is 5.41 Å². The van der Waals surface area contributed by atoms with Gasteiger partial charge >= 0.3 is 12.1 Å². The Labute approximate surface area is 164 Å². The first-order valence-electron chi connectivity index (χ1n) is 9.86. The van der Waals surface area contributed by atoms with Crippen molar-refractivity contribution >= 4 is 18.0 Å². The van der Waals surface area contributed by atoms with Gasteiger partial charge in [0.15, 0.2) is 0 Å². The van der Waals surface area contributed by atoms with Gasteiger partial charge in [-0.25, -0.2) is 9.59 Å². The molecule has 2 spiro atoms. The summed E-state index contributed by atoms with van der Waals surface area (Å²) in [6.07, 6.45) is 6.92. The second-order valence-electron chi connectivity index (χ2n) is 8.51. The average Bonchev–Trinajstić information content (AvgIpc) is 2.84. The molecule has 0 aromatic carbocycles. The smallest absolute Gasteiger partial charge is 0.327 e. The Morgan fingerprint density at radius 3 is 2.50 bits per heavy atom. The molecular weight excluding hydrogens is 358 g/mol. The number of urea groups is 2. The number of hydrogen-bond donors (Lipinski definition) is 2. The monoisotopic (exact) mass is 385 g/mol. The molecule has 2 aliphatic carbocycles. The Bertz CT molecular complexity index is 780. The van der Waals surface area contributed by atoms with Gasteiger partial charge in [-0.15, -0.1) is 0 Å². The molecule has 2 heterocycles. The van der Waals surface area contributed by atoms with Crippen molar-refractivity contribution in [1.29, 1.82) is 0 Å². The third kappa shape index (κ3) is 3.00. The highest BCUT2D eigenvalue weighted by Crippen LogP contribution is 2.60. The molecule has 2 saturated carbocycles. The van der Waals surface area contributed by atoms with E-state index in [4.69, 9.17) is 0 Å². The number of amides is 5. The van der Waals surface area contributed by atoms with Crippen LogP contribution in [-0.2, 0) is 11.3 Å². The molecule has 0 bridgehead atoms. The summed E-state index contributed by atoms with van der Waals surface area (Å²) < 4.78 is 0. The van der Waals surface area contributed by atoms with Gasteiger partial charge in [0.1, 0.15) is 5.54 Å². The van der Waals surface area contributed by atoms with E-state index in [1.165, 1.54) is 4.90 Å². The summed E-state index contributed by atoms with van der Waals surface area (Å²) in [5.74, 6) is -0.0697. The first-order valence-corrected chi connectivity index (χ1v) is 9.86. The van der Waals surface area contributed by atoms with Crippen LogP contribution in [0.5, 0.6) is 0 Å². The largest absolute Gasteiger partial charge is 0.335 e. The van der Waals surface area contributed by atoms with Gasteiger partial charge in [0, 0.05) is 26.3 Å². The number of imide groups is 1. The van der Waals surface area contributed by atoms with E-state index in [0.29, 0.717) is 6.54 Å². The molecule has 28 heavy (non-hydrogen) atoms. The lowest BCUT2D eigenvalue weighted by molar-refractivity contribution is -0.147. The number of nitrogens with zero attached hydrogens (tertiary/aromatic N) is 3. The van der Waals surface area contributed by atoms with Gasteiger partial charge in [0.2, 0.25) is 0 Å². The third-order valence-corrected chi connectivity index (χ3v) is 6.79. The van der Waals surface area contributed by atoms with E-state index in [1.54, 1.807) is 25.2 Å². The van der Waals surface area contributed by atoms with Crippen molar-refractivity contribution in [2.24, 2.45) is 5.41 Å². The predicted octanol–water partition coefficient (Wildman–Crippen LogP) is 1.87. The molecule has 4 rings (SSSR count). The molecule has 0 atom stereocenters. The standard InChI is InChI=1S/C20H27N5O3/c1-24-16(26)20(25(2)18(24)28)12-19(13-20)8-6-14(7-9-19)23-17(27)22-11-15-5-3-4-10-21-15/h3-5,10,14H,6-9,11-13H2,1-2H3,(H2,22,23,27). The zero-order valence-electron chi connectivity index (χ0n) is 16.4. The van der Waals surface area contributed by atoms with Crippen molar-refractivity contribution in [3.8, 4) is 0 Å². The molecule has 1 aliphatic heterocycles. The van der Waals surface area contributed by atoms with Crippen LogP contribution in [0.4, 0.5) is 9.59 Å². The summed E-state index contributed by atoms with van der Waals surface area (Å²) in [6.45, 7) is 0.405. The summed E-state index contributed by atoms with van der Waals surface area (Å²) >= 11 is 0. The lowest BCUT2D eigenvalue weighted by Gasteiger charge is -2.57. The Hall–Kier alpha value is -2.64. The van der Waals surface area contributed by atoms with Gasteiger partial charge in [0.05, 0.1) is 12.2 Å². The van der Waals surface area contributed by atoms with Crippen LogP contribution in [0.25, 0.3) is 0 Å². The highest BCUT2D eigenvalue weighted by atomic mass is 16.2. The number of likely N-dealkylation sites (N-methyl/N-ethyl adjacent to an activating group) is 2. The molecule has 3 fully saturated rings. The van der Waals surface area contributed by atoms with E-state index >= 15 is 0 Å². The topological polar surface area (TPSA) is 94.6 Å². The average molecular weight is 385 g/mol. The fraction of sp³-hybridized carbons (Fsp3) is 0.600. The SMILES string of the molecule is CN1C(=O)N(C)C2(CC3(CCC(NC(=O)NCc4ccccn4)CC3)C2)C1=O. The van der Waals surface area contributed by atoms with Gasteiger partial charge in [0.25, 0.3) is 5.91 Å². The summed E-state index contributed by atoms with van der Waals surface area (Å²) in [5, 5.41) is 5.90. The van der Waals surface area contributed by atoms with Crippen molar-refractivity contribution in [1.82, 2.24) is 25.4 Å². The Morgan fingerprint density at radius 2 is 1.93 bits per heavy atom. The minimum absolute atomic E-state index is 0.0697. The maximum atomic E-state index is 12.5. The van der Waals surface area contributed by atoms with E-state index in [1.807, 2.05) is 18.2 Å². The molecule has 8 nitrogen and oxygen atoms in total. The number of rotatable bonds is 3. The van der Waals surface area contributed by atoms with Crippen LogP contribution in [0.1, 0.15) is 44.2 Å². The molecule has 5 amide bonds. The van der Waals surface area contributed by atoms with Crippen LogP contribution in [0.15, 0.2) is 24.4 Å². The van der Waals surface area contributed by atoms with Gasteiger partial charge in [-0.3, -0.25) is 14.7 Å². The van der Waals surface area contributed by atoms with Gasteiger partial charge in [-0.05, 0) is 56.1 Å². The molecule has 1 aromatic rings. The van der Waals surface area contributed by atoms with E-state index in [-0.39, 0.29) is 29.4 Å². The molecule has 0 radical (unpaired) electrons. The lowest BCUT2D eigenvalue weighted by atomic mass is 9.51. The zero-order chi connectivity index (χ0) is 19.9. The van der Waals surface area contributed by atoms with Crippen LogP contribution in [0.2, 0.25) is 0 Å². The quantitative estimate of drug-likeness (QED) is 0.777. The molecule has 3 aliphatic rings. The maximum absolute atomic E-state index is 12.5. The maximum Gasteiger partial charge on any atom is 0.327 e. The molecule has 8 heteroatoms. The van der Waals surface area contributed by atoms with E-state index < -0.39 is 5.54 Å². The van der Waals surface area contributed by atoms with Crippen molar-refractivity contribution in [3.05, 3.63) is 30.1 Å². The van der Waals surface area contributed by atoms with Crippen molar-refractivity contribution in [3.63, 3.8) is 0 Å². The fourth-order valence-corrected chi connectivity index (χ4v) is 5.17. The first kappa shape index (κ1) is 18.7. The number of aromatic nitrogens is 1. The summed E-state index contributed by atoms with van der Waals surface area (Å²) in [6, 6.07) is 5.38. The fourth-order valence-electron chi connectivity index (χ4n) is 5.17. The Kier molecular flexibility index (Phi) is 4.51. The van der Waals surface area contributed by atoms with E-state index in [9.17, 15) is 14.4 Å². The second-order valence-corrected chi connectivity index (χ2v) is 8.51. The van der Waals surface area contributed by atoms with Crippen LogP contribution in [-0.4, -0.2) is 58.4 Å². The third-order valence-electron chi connectivity index (χ3n) is 6.79. The number of pyridine rings is 1. The predicted molar refractivity (Wildman–Crippen MR) is 102 cm³/mol. The van der Waals surface area contributed by atoms with Gasteiger partial charge in [-0.1, -0.05) is 6.07 Å². The molecule has 0 unspecified atom stereocenters. The van der Waals surface area contributed by atoms with Crippen LogP contribution < -0.4 is 10.6 Å². The molecular formula is C20H27N5O3. The molecule has 2 N–H and O–H groups in total. The van der Waals surface area contributed by atoms with E-state index in [2.05, 4.69) is 15.6 Å². The minimum Gasteiger partial charge on any atom is -0.335 e. The minimum atomic E-state index is -0.633. The van der Waals surface area contributed by atoms with Crippen molar-refractivity contribution in [2.45, 2.75) is 56.7 Å². The highest BCUT2D eigenvalue weighted by molar-refractivity contribution is 6.07. The van der Waals surface area contributed by atoms with Gasteiger partial charge < -0.3 is 15.5 Å². The van der Waals surface area contributed by atoms with Gasteiger partial charge in [-0.2, -0.15) is 0 Å². The van der Waals surface area contributed by atoms with Crippen LogP contribution >= 0.6 is 0 Å². The summed E-state index contributed by atoms with van der Waals surface area (Å²) in [4.78, 5) is 43.9. The van der Waals surface area contributed by atoms with E-state index in [0.717, 1.165) is 44.2 Å². The Morgan fingerprint density at radius 1 is 1.21 bits per heavy atom. The zero-order valence-corrected chi connectivity index (χ0v) is 16.4. The van der Waals surface area contributed by atoms with Crippen molar-refractivity contribution < 1.29 is 14.4 Å². The number of carbonyl (C=O) groups is 3. The summed E-state index contributed by atoms with van der Waals surface area (Å²) in [5.41, 5.74) is 0.314. The number of nitrogens with one attached hydrogen (secondary N) is 2. The normalized spacial score (nSPS) is 32.0. The molecule has 1 saturated heterocycles. The lowest BCUT2D eigenvalue weighted by Crippen LogP contribution is -2.63. The van der Waals surface area contributed by atoms with Crippen LogP contribution in [0.3, 0.4) is 0 Å². The highest BCUT2D eigenvalue weighted by Gasteiger charge is 2.66. The van der Waals surface area contributed by atoms with Crippen molar-refractivity contribution in [2.75, 3.05) is 14.1 Å². The first-order chi connectivity index (χ1) is 13.4.